The molecule has 39 heavy (non-hydrogen) atoms. The summed E-state index contributed by atoms with van der Waals surface area (Å²) >= 11 is 0. The van der Waals surface area contributed by atoms with E-state index in [1.165, 1.54) is 0 Å². The van der Waals surface area contributed by atoms with Crippen LogP contribution in [0, 0.1) is 5.92 Å². The molecule has 5 amide bonds. The number of rotatable bonds is 15. The zero-order valence-electron chi connectivity index (χ0n) is 21.7. The van der Waals surface area contributed by atoms with E-state index in [9.17, 15) is 33.9 Å². The van der Waals surface area contributed by atoms with Gasteiger partial charge in [-0.1, -0.05) is 32.0 Å². The zero-order valence-corrected chi connectivity index (χ0v) is 21.7. The van der Waals surface area contributed by atoms with Crippen LogP contribution in [0.3, 0.4) is 0 Å². The van der Waals surface area contributed by atoms with Gasteiger partial charge >= 0.3 is 5.97 Å². The molecule has 14 heteroatoms. The first-order chi connectivity index (χ1) is 18.3. The number of carbonyl (C=O) groups is 6. The second-order valence-corrected chi connectivity index (χ2v) is 9.54. The molecular formula is C25H35N7O7. The third-order valence-corrected chi connectivity index (χ3v) is 6.03. The summed E-state index contributed by atoms with van der Waals surface area (Å²) < 4.78 is 0. The van der Waals surface area contributed by atoms with Gasteiger partial charge in [0.25, 0.3) is 0 Å². The second-order valence-electron chi connectivity index (χ2n) is 9.54. The normalized spacial score (nSPS) is 14.2. The summed E-state index contributed by atoms with van der Waals surface area (Å²) in [6.07, 6.45) is 0.705. The highest BCUT2D eigenvalue weighted by molar-refractivity contribution is 5.95. The van der Waals surface area contributed by atoms with E-state index in [2.05, 4.69) is 20.9 Å². The maximum atomic E-state index is 13.1. The summed E-state index contributed by atoms with van der Waals surface area (Å²) in [5.74, 6) is -5.76. The van der Waals surface area contributed by atoms with Crippen LogP contribution in [0.2, 0.25) is 0 Å². The molecule has 0 radical (unpaired) electrons. The minimum absolute atomic E-state index is 0.0150. The Morgan fingerprint density at radius 1 is 0.897 bits per heavy atom. The fourth-order valence-corrected chi connectivity index (χ4v) is 3.91. The van der Waals surface area contributed by atoms with Crippen LogP contribution in [0.25, 0.3) is 10.9 Å². The Bertz CT molecular complexity index is 1230. The Morgan fingerprint density at radius 3 is 2.13 bits per heavy atom. The van der Waals surface area contributed by atoms with Crippen molar-refractivity contribution >= 4 is 46.4 Å². The molecule has 2 rings (SSSR count). The van der Waals surface area contributed by atoms with Crippen molar-refractivity contribution in [2.75, 3.05) is 0 Å². The quantitative estimate of drug-likeness (QED) is 0.129. The number of primary amides is 2. The predicted molar refractivity (Wildman–Crippen MR) is 140 cm³/mol. The van der Waals surface area contributed by atoms with Crippen molar-refractivity contribution in [3.05, 3.63) is 36.0 Å². The Hall–Kier alpha value is -4.46. The number of carboxylic acids is 1. The number of carbonyl (C=O) groups excluding carboxylic acids is 5. The Morgan fingerprint density at radius 2 is 1.54 bits per heavy atom. The number of hydrogen-bond acceptors (Lipinski definition) is 7. The van der Waals surface area contributed by atoms with E-state index in [1.807, 2.05) is 24.3 Å². The van der Waals surface area contributed by atoms with Gasteiger partial charge in [0.15, 0.2) is 0 Å². The van der Waals surface area contributed by atoms with Gasteiger partial charge in [-0.05, 0) is 24.0 Å². The Balaban J connectivity index is 2.16. The van der Waals surface area contributed by atoms with Crippen LogP contribution in [0.5, 0.6) is 0 Å². The number of para-hydroxylation sites is 1. The number of fused-ring (bicyclic) bond motifs is 1. The molecule has 0 aliphatic carbocycles. The van der Waals surface area contributed by atoms with Gasteiger partial charge < -0.3 is 43.2 Å². The first-order valence-corrected chi connectivity index (χ1v) is 12.3. The van der Waals surface area contributed by atoms with E-state index < -0.39 is 72.0 Å². The van der Waals surface area contributed by atoms with Gasteiger partial charge in [-0.25, -0.2) is 4.79 Å². The van der Waals surface area contributed by atoms with Crippen LogP contribution in [0.4, 0.5) is 0 Å². The molecule has 1 aromatic heterocycles. The third kappa shape index (κ3) is 9.10. The number of aliphatic carboxylic acids is 1. The summed E-state index contributed by atoms with van der Waals surface area (Å²) in [6.45, 7) is 3.28. The molecule has 4 unspecified atom stereocenters. The maximum Gasteiger partial charge on any atom is 0.326 e. The van der Waals surface area contributed by atoms with E-state index in [0.717, 1.165) is 10.9 Å². The fraction of sp³-hybridized carbons (Fsp3) is 0.440. The van der Waals surface area contributed by atoms with Crippen LogP contribution in [-0.4, -0.2) is 69.8 Å². The molecule has 0 aliphatic rings. The second kappa shape index (κ2) is 13.9. The molecule has 0 aliphatic heterocycles. The lowest BCUT2D eigenvalue weighted by atomic mass is 10.00. The van der Waals surface area contributed by atoms with Crippen LogP contribution in [0.15, 0.2) is 30.5 Å². The van der Waals surface area contributed by atoms with Crippen molar-refractivity contribution in [1.29, 1.82) is 0 Å². The molecule has 1 heterocycles. The van der Waals surface area contributed by atoms with Crippen LogP contribution >= 0.6 is 0 Å². The first kappa shape index (κ1) is 30.8. The highest BCUT2D eigenvalue weighted by Gasteiger charge is 2.32. The summed E-state index contributed by atoms with van der Waals surface area (Å²) in [5, 5.41) is 17.9. The van der Waals surface area contributed by atoms with Gasteiger partial charge in [-0.15, -0.1) is 0 Å². The van der Waals surface area contributed by atoms with Crippen molar-refractivity contribution in [2.45, 2.75) is 63.7 Å². The number of nitrogens with one attached hydrogen (secondary N) is 4. The Labute approximate surface area is 224 Å². The summed E-state index contributed by atoms with van der Waals surface area (Å²) in [6, 6.07) is 2.17. The lowest BCUT2D eigenvalue weighted by Gasteiger charge is -2.27. The van der Waals surface area contributed by atoms with Crippen LogP contribution < -0.4 is 33.2 Å². The van der Waals surface area contributed by atoms with E-state index in [4.69, 9.17) is 17.2 Å². The van der Waals surface area contributed by atoms with Crippen molar-refractivity contribution in [3.63, 3.8) is 0 Å². The van der Waals surface area contributed by atoms with Gasteiger partial charge in [0.2, 0.25) is 29.5 Å². The molecule has 11 N–H and O–H groups in total. The number of hydrogen-bond donors (Lipinski definition) is 8. The van der Waals surface area contributed by atoms with Gasteiger partial charge in [0.05, 0.1) is 12.5 Å². The number of H-pyrrole nitrogens is 1. The number of amides is 5. The lowest BCUT2D eigenvalue weighted by molar-refractivity contribution is -0.142. The molecule has 0 spiro atoms. The van der Waals surface area contributed by atoms with Crippen molar-refractivity contribution in [1.82, 2.24) is 20.9 Å². The standard InChI is InChI=1S/C25H35N7O7/c1-12(2)21(32-23(36)17(7-8-19(27)33)30-22(35)15(26)10-20(28)34)24(37)31-18(25(38)39)9-13-11-29-16-6-4-3-5-14(13)16/h3-6,11-12,15,17-18,21,29H,7-10,26H2,1-2H3,(H2,27,33)(H2,28,34)(H,30,35)(H,31,37)(H,32,36)(H,38,39). The molecule has 0 fully saturated rings. The topological polar surface area (TPSA) is 253 Å². The molecule has 0 bridgehead atoms. The minimum Gasteiger partial charge on any atom is -0.480 e. The third-order valence-electron chi connectivity index (χ3n) is 6.03. The highest BCUT2D eigenvalue weighted by atomic mass is 16.4. The van der Waals surface area contributed by atoms with E-state index in [1.54, 1.807) is 20.0 Å². The number of carboxylic acid groups (broad SMARTS) is 1. The van der Waals surface area contributed by atoms with Gasteiger partial charge in [-0.2, -0.15) is 0 Å². The van der Waals surface area contributed by atoms with Crippen molar-refractivity contribution in [3.8, 4) is 0 Å². The minimum atomic E-state index is -1.34. The molecular weight excluding hydrogens is 510 g/mol. The smallest absolute Gasteiger partial charge is 0.326 e. The van der Waals surface area contributed by atoms with Crippen molar-refractivity contribution in [2.24, 2.45) is 23.1 Å². The van der Waals surface area contributed by atoms with E-state index >= 15 is 0 Å². The van der Waals surface area contributed by atoms with Gasteiger partial charge in [-0.3, -0.25) is 24.0 Å². The summed E-state index contributed by atoms with van der Waals surface area (Å²) in [5.41, 5.74) is 17.4. The summed E-state index contributed by atoms with van der Waals surface area (Å²) in [7, 11) is 0. The molecule has 4 atom stereocenters. The van der Waals surface area contributed by atoms with Gasteiger partial charge in [0, 0.05) is 29.9 Å². The van der Waals surface area contributed by atoms with E-state index in [0.29, 0.717) is 5.56 Å². The molecule has 212 valence electrons. The average Bonchev–Trinajstić information content (AvgIpc) is 3.26. The fourth-order valence-electron chi connectivity index (χ4n) is 3.91. The molecule has 2 aromatic rings. The molecule has 0 saturated heterocycles. The lowest BCUT2D eigenvalue weighted by Crippen LogP contribution is -2.58. The molecule has 0 saturated carbocycles. The number of benzene rings is 1. The first-order valence-electron chi connectivity index (χ1n) is 12.3. The monoisotopic (exact) mass is 545 g/mol. The zero-order chi connectivity index (χ0) is 29.3. The number of aromatic amines is 1. The molecule has 14 nitrogen and oxygen atoms in total. The Kier molecular flexibility index (Phi) is 11.0. The number of aromatic nitrogens is 1. The van der Waals surface area contributed by atoms with Crippen LogP contribution in [-0.2, 0) is 35.2 Å². The largest absolute Gasteiger partial charge is 0.480 e. The average molecular weight is 546 g/mol. The van der Waals surface area contributed by atoms with Crippen molar-refractivity contribution < 1.29 is 33.9 Å². The predicted octanol–water partition coefficient (Wildman–Crippen LogP) is -1.63. The maximum absolute atomic E-state index is 13.1. The summed E-state index contributed by atoms with van der Waals surface area (Å²) in [4.78, 5) is 76.0. The highest BCUT2D eigenvalue weighted by Crippen LogP contribution is 2.19. The number of nitrogens with two attached hydrogens (primary N) is 3. The SMILES string of the molecule is CC(C)C(NC(=O)C(CCC(N)=O)NC(=O)C(N)CC(N)=O)C(=O)NC(Cc1c[nH]c2ccccc12)C(=O)O. The van der Waals surface area contributed by atoms with E-state index in [-0.39, 0.29) is 19.3 Å². The van der Waals surface area contributed by atoms with Gasteiger partial charge in [0.1, 0.15) is 18.1 Å². The molecule has 1 aromatic carbocycles. The van der Waals surface area contributed by atoms with Crippen LogP contribution in [0.1, 0.15) is 38.7 Å².